The summed E-state index contributed by atoms with van der Waals surface area (Å²) in [6.07, 6.45) is 1.13. The number of hydrogen-bond acceptors (Lipinski definition) is 5. The van der Waals surface area contributed by atoms with Crippen LogP contribution < -0.4 is 10.3 Å². The Morgan fingerprint density at radius 3 is 2.62 bits per heavy atom. The number of aromatic nitrogens is 2. The van der Waals surface area contributed by atoms with E-state index < -0.39 is 10.0 Å². The Morgan fingerprint density at radius 2 is 1.96 bits per heavy atom. The van der Waals surface area contributed by atoms with E-state index in [1.165, 1.54) is 22.8 Å². The predicted octanol–water partition coefficient (Wildman–Crippen LogP) is 1.61. The summed E-state index contributed by atoms with van der Waals surface area (Å²) in [5.74, 6) is 0. The molecule has 3 rings (SSSR count). The molecule has 0 atom stereocenters. The molecule has 0 bridgehead atoms. The van der Waals surface area contributed by atoms with E-state index >= 15 is 0 Å². The molecule has 0 aliphatic carbocycles. The molecular weight excluding hydrogens is 328 g/mol. The van der Waals surface area contributed by atoms with Crippen LogP contribution in [0.3, 0.4) is 0 Å². The van der Waals surface area contributed by atoms with Gasteiger partial charge in [-0.15, -0.1) is 0 Å². The van der Waals surface area contributed by atoms with Gasteiger partial charge in [0.1, 0.15) is 16.7 Å². The molecule has 2 heterocycles. The highest BCUT2D eigenvalue weighted by atomic mass is 32.2. The number of rotatable bonds is 3. The van der Waals surface area contributed by atoms with E-state index in [0.29, 0.717) is 11.2 Å². The summed E-state index contributed by atoms with van der Waals surface area (Å²) in [6.45, 7) is 0. The maximum Gasteiger partial charge on any atom is 0.263 e. The number of pyridine rings is 2. The molecule has 0 spiro atoms. The van der Waals surface area contributed by atoms with E-state index in [9.17, 15) is 13.2 Å². The zero-order chi connectivity index (χ0) is 17.3. The molecule has 0 saturated carbocycles. The molecule has 120 valence electrons. The number of sulfonamides is 1. The van der Waals surface area contributed by atoms with E-state index in [-0.39, 0.29) is 16.1 Å². The van der Waals surface area contributed by atoms with E-state index in [1.807, 2.05) is 6.07 Å². The predicted molar refractivity (Wildman–Crippen MR) is 88.9 cm³/mol. The topological polar surface area (TPSA) is 105 Å². The Bertz CT molecular complexity index is 1130. The highest BCUT2D eigenvalue weighted by Crippen LogP contribution is 2.20. The Morgan fingerprint density at radius 1 is 1.17 bits per heavy atom. The fraction of sp³-hybridized carbons (Fsp3) is 0.0625. The third kappa shape index (κ3) is 2.85. The molecule has 7 nitrogen and oxygen atoms in total. The summed E-state index contributed by atoms with van der Waals surface area (Å²) in [5.41, 5.74) is 1.07. The molecule has 2 aromatic heterocycles. The van der Waals surface area contributed by atoms with E-state index in [4.69, 9.17) is 5.26 Å². The van der Waals surface area contributed by atoms with Crippen LogP contribution in [0.4, 0.5) is 5.69 Å². The lowest BCUT2D eigenvalue weighted by atomic mass is 10.2. The molecule has 0 unspecified atom stereocenters. The summed E-state index contributed by atoms with van der Waals surface area (Å²) < 4.78 is 28.7. The van der Waals surface area contributed by atoms with Gasteiger partial charge in [-0.3, -0.25) is 9.52 Å². The third-order valence-electron chi connectivity index (χ3n) is 3.54. The first-order chi connectivity index (χ1) is 11.4. The Hall–Kier alpha value is -3.18. The van der Waals surface area contributed by atoms with Gasteiger partial charge in [-0.25, -0.2) is 13.4 Å². The van der Waals surface area contributed by atoms with Crippen molar-refractivity contribution < 1.29 is 8.42 Å². The van der Waals surface area contributed by atoms with Crippen LogP contribution in [0, 0.1) is 11.3 Å². The van der Waals surface area contributed by atoms with Gasteiger partial charge in [-0.05, 0) is 36.4 Å². The van der Waals surface area contributed by atoms with Crippen molar-refractivity contribution in [1.82, 2.24) is 9.55 Å². The van der Waals surface area contributed by atoms with Gasteiger partial charge >= 0.3 is 0 Å². The molecule has 0 saturated heterocycles. The lowest BCUT2D eigenvalue weighted by molar-refractivity contribution is 0.601. The third-order valence-corrected chi connectivity index (χ3v) is 4.90. The molecule has 0 radical (unpaired) electrons. The minimum atomic E-state index is -3.82. The summed E-state index contributed by atoms with van der Waals surface area (Å²) in [6, 6.07) is 12.4. The lowest BCUT2D eigenvalue weighted by Gasteiger charge is -2.10. The number of nitrogens with one attached hydrogen (secondary N) is 1. The van der Waals surface area contributed by atoms with Crippen molar-refractivity contribution in [1.29, 1.82) is 5.26 Å². The van der Waals surface area contributed by atoms with Gasteiger partial charge in [0.2, 0.25) is 0 Å². The Balaban J connectivity index is 1.97. The van der Waals surface area contributed by atoms with Crippen LogP contribution in [-0.2, 0) is 17.1 Å². The van der Waals surface area contributed by atoms with E-state index in [1.54, 1.807) is 31.3 Å². The Labute approximate surface area is 137 Å². The standard InChI is InChI=1S/C16H12N4O3S/c1-20-15-6-4-12(8-11(15)2-7-16(20)21)19-24(22,23)14-5-3-13(9-17)18-10-14/h2-8,10,19H,1H3. The van der Waals surface area contributed by atoms with Gasteiger partial charge in [0.15, 0.2) is 0 Å². The summed E-state index contributed by atoms with van der Waals surface area (Å²) >= 11 is 0. The molecule has 1 N–H and O–H groups in total. The van der Waals surface area contributed by atoms with Crippen molar-refractivity contribution in [3.8, 4) is 6.07 Å². The van der Waals surface area contributed by atoms with Gasteiger partial charge in [0, 0.05) is 30.4 Å². The van der Waals surface area contributed by atoms with Crippen LogP contribution in [-0.4, -0.2) is 18.0 Å². The monoisotopic (exact) mass is 340 g/mol. The molecule has 8 heteroatoms. The second-order valence-electron chi connectivity index (χ2n) is 5.10. The van der Waals surface area contributed by atoms with Gasteiger partial charge in [0.25, 0.3) is 15.6 Å². The van der Waals surface area contributed by atoms with Gasteiger partial charge < -0.3 is 4.57 Å². The van der Waals surface area contributed by atoms with Crippen LogP contribution in [0.25, 0.3) is 10.9 Å². The highest BCUT2D eigenvalue weighted by Gasteiger charge is 2.15. The number of hydrogen-bond donors (Lipinski definition) is 1. The Kier molecular flexibility index (Phi) is 3.79. The largest absolute Gasteiger partial charge is 0.311 e. The van der Waals surface area contributed by atoms with Crippen LogP contribution in [0.2, 0.25) is 0 Å². The number of fused-ring (bicyclic) bond motifs is 1. The van der Waals surface area contributed by atoms with E-state index in [2.05, 4.69) is 9.71 Å². The van der Waals surface area contributed by atoms with Crippen LogP contribution in [0.1, 0.15) is 5.69 Å². The van der Waals surface area contributed by atoms with Crippen molar-refractivity contribution in [2.45, 2.75) is 4.90 Å². The van der Waals surface area contributed by atoms with E-state index in [0.717, 1.165) is 11.6 Å². The number of nitriles is 1. The number of nitrogens with zero attached hydrogens (tertiary/aromatic N) is 3. The highest BCUT2D eigenvalue weighted by molar-refractivity contribution is 7.92. The average Bonchev–Trinajstić information content (AvgIpc) is 2.58. The summed E-state index contributed by atoms with van der Waals surface area (Å²) in [5, 5.41) is 9.44. The van der Waals surface area contributed by atoms with Gasteiger partial charge in [0.05, 0.1) is 5.52 Å². The number of benzene rings is 1. The zero-order valence-corrected chi connectivity index (χ0v) is 13.4. The minimum Gasteiger partial charge on any atom is -0.311 e. The molecule has 0 aliphatic heterocycles. The van der Waals surface area contributed by atoms with Crippen molar-refractivity contribution in [3.63, 3.8) is 0 Å². The second-order valence-corrected chi connectivity index (χ2v) is 6.78. The normalized spacial score (nSPS) is 11.2. The van der Waals surface area contributed by atoms with Crippen molar-refractivity contribution in [2.75, 3.05) is 4.72 Å². The molecule has 3 aromatic rings. The SMILES string of the molecule is Cn1c(=O)ccc2cc(NS(=O)(=O)c3ccc(C#N)nc3)ccc21. The molecule has 0 amide bonds. The molecular formula is C16H12N4O3S. The number of anilines is 1. The van der Waals surface area contributed by atoms with Crippen molar-refractivity contribution >= 4 is 26.6 Å². The molecule has 0 aliphatic rings. The van der Waals surface area contributed by atoms with Gasteiger partial charge in [-0.1, -0.05) is 0 Å². The van der Waals surface area contributed by atoms with Crippen LogP contribution in [0.5, 0.6) is 0 Å². The molecule has 1 aromatic carbocycles. The fourth-order valence-corrected chi connectivity index (χ4v) is 3.26. The quantitative estimate of drug-likeness (QED) is 0.780. The molecule has 0 fully saturated rings. The second kappa shape index (κ2) is 5.79. The lowest BCUT2D eigenvalue weighted by Crippen LogP contribution is -2.16. The minimum absolute atomic E-state index is 0.0398. The maximum atomic E-state index is 12.4. The van der Waals surface area contributed by atoms with Crippen LogP contribution in [0.15, 0.2) is 58.4 Å². The first kappa shape index (κ1) is 15.7. The van der Waals surface area contributed by atoms with Crippen LogP contribution >= 0.6 is 0 Å². The fourth-order valence-electron chi connectivity index (χ4n) is 2.27. The smallest absolute Gasteiger partial charge is 0.263 e. The first-order valence-corrected chi connectivity index (χ1v) is 8.38. The zero-order valence-electron chi connectivity index (χ0n) is 12.6. The number of aryl methyl sites for hydroxylation is 1. The maximum absolute atomic E-state index is 12.4. The summed E-state index contributed by atoms with van der Waals surface area (Å²) in [7, 11) is -2.17. The summed E-state index contributed by atoms with van der Waals surface area (Å²) in [4.78, 5) is 15.3. The van der Waals surface area contributed by atoms with Gasteiger partial charge in [-0.2, -0.15) is 5.26 Å². The average molecular weight is 340 g/mol. The van der Waals surface area contributed by atoms with Crippen molar-refractivity contribution in [2.24, 2.45) is 7.05 Å². The van der Waals surface area contributed by atoms with Crippen molar-refractivity contribution in [3.05, 3.63) is 64.7 Å². The first-order valence-electron chi connectivity index (χ1n) is 6.89. The molecule has 24 heavy (non-hydrogen) atoms.